The van der Waals surface area contributed by atoms with Gasteiger partial charge in [0.25, 0.3) is 0 Å². The highest BCUT2D eigenvalue weighted by molar-refractivity contribution is 5.27. The lowest BCUT2D eigenvalue weighted by Gasteiger charge is -2.28. The number of rotatable bonds is 2. The Labute approximate surface area is 104 Å². The van der Waals surface area contributed by atoms with Gasteiger partial charge in [-0.2, -0.15) is 13.2 Å². The van der Waals surface area contributed by atoms with Crippen LogP contribution in [0.3, 0.4) is 0 Å². The molecule has 18 heavy (non-hydrogen) atoms. The Morgan fingerprint density at radius 3 is 2.17 bits per heavy atom. The Balaban J connectivity index is 2.09. The van der Waals surface area contributed by atoms with E-state index >= 15 is 0 Å². The molecule has 0 radical (unpaired) electrons. The number of alkyl halides is 3. The fraction of sp³-hybridized carbons (Fsp3) is 0.538. The summed E-state index contributed by atoms with van der Waals surface area (Å²) >= 11 is 0. The van der Waals surface area contributed by atoms with E-state index in [0.29, 0.717) is 5.92 Å². The standard InChI is InChI=1S/C13H17F3N2/c14-13(15,16)11-3-1-9(2-4-11)12(17)10-5-7-18-8-6-10/h1-4,10,12,18H,5-8,17H2. The molecule has 0 amide bonds. The van der Waals surface area contributed by atoms with Crippen LogP contribution in [0.15, 0.2) is 24.3 Å². The van der Waals surface area contributed by atoms with E-state index in [0.717, 1.165) is 43.6 Å². The maximum Gasteiger partial charge on any atom is 0.416 e. The number of benzene rings is 1. The van der Waals surface area contributed by atoms with Gasteiger partial charge in [0.2, 0.25) is 0 Å². The maximum atomic E-state index is 12.4. The molecule has 0 spiro atoms. The first-order valence-electron chi connectivity index (χ1n) is 6.12. The van der Waals surface area contributed by atoms with Crippen LogP contribution in [0.4, 0.5) is 13.2 Å². The van der Waals surface area contributed by atoms with Gasteiger partial charge in [0.1, 0.15) is 0 Å². The molecule has 1 aromatic carbocycles. The second-order valence-electron chi connectivity index (χ2n) is 4.73. The Morgan fingerprint density at radius 1 is 1.11 bits per heavy atom. The van der Waals surface area contributed by atoms with Crippen LogP contribution < -0.4 is 11.1 Å². The van der Waals surface area contributed by atoms with Gasteiger partial charge in [0.15, 0.2) is 0 Å². The zero-order chi connectivity index (χ0) is 13.2. The average molecular weight is 258 g/mol. The molecule has 1 fully saturated rings. The molecule has 2 nitrogen and oxygen atoms in total. The number of nitrogens with one attached hydrogen (secondary N) is 1. The molecule has 1 aliphatic rings. The summed E-state index contributed by atoms with van der Waals surface area (Å²) in [6.07, 6.45) is -2.33. The van der Waals surface area contributed by atoms with E-state index in [9.17, 15) is 13.2 Å². The summed E-state index contributed by atoms with van der Waals surface area (Å²) in [7, 11) is 0. The van der Waals surface area contributed by atoms with Crippen molar-refractivity contribution in [3.63, 3.8) is 0 Å². The zero-order valence-electron chi connectivity index (χ0n) is 10.0. The average Bonchev–Trinajstić information content (AvgIpc) is 2.38. The molecule has 0 aromatic heterocycles. The van der Waals surface area contributed by atoms with Gasteiger partial charge in [-0.05, 0) is 49.5 Å². The van der Waals surface area contributed by atoms with Crippen molar-refractivity contribution >= 4 is 0 Å². The molecule has 5 heteroatoms. The molecule has 0 saturated carbocycles. The quantitative estimate of drug-likeness (QED) is 0.856. The first-order valence-corrected chi connectivity index (χ1v) is 6.12. The lowest BCUT2D eigenvalue weighted by molar-refractivity contribution is -0.137. The molecule has 1 atom stereocenters. The SMILES string of the molecule is NC(c1ccc(C(F)(F)F)cc1)C1CCNCC1. The van der Waals surface area contributed by atoms with Crippen molar-refractivity contribution in [2.45, 2.75) is 25.1 Å². The van der Waals surface area contributed by atoms with Crippen LogP contribution in [-0.4, -0.2) is 13.1 Å². The van der Waals surface area contributed by atoms with Crippen molar-refractivity contribution in [1.29, 1.82) is 0 Å². The second-order valence-corrected chi connectivity index (χ2v) is 4.73. The van der Waals surface area contributed by atoms with Crippen LogP contribution >= 0.6 is 0 Å². The van der Waals surface area contributed by atoms with Gasteiger partial charge >= 0.3 is 6.18 Å². The van der Waals surface area contributed by atoms with E-state index < -0.39 is 11.7 Å². The molecular formula is C13H17F3N2. The van der Waals surface area contributed by atoms with Crippen molar-refractivity contribution < 1.29 is 13.2 Å². The van der Waals surface area contributed by atoms with Crippen LogP contribution in [-0.2, 0) is 6.18 Å². The third-order valence-corrected chi connectivity index (χ3v) is 3.51. The molecule has 100 valence electrons. The predicted octanol–water partition coefficient (Wildman–Crippen LogP) is 2.70. The lowest BCUT2D eigenvalue weighted by atomic mass is 9.86. The number of hydrogen-bond acceptors (Lipinski definition) is 2. The monoisotopic (exact) mass is 258 g/mol. The Bertz CT molecular complexity index is 380. The third-order valence-electron chi connectivity index (χ3n) is 3.51. The van der Waals surface area contributed by atoms with Crippen molar-refractivity contribution in [3.05, 3.63) is 35.4 Å². The van der Waals surface area contributed by atoms with Crippen LogP contribution in [0.2, 0.25) is 0 Å². The van der Waals surface area contributed by atoms with Gasteiger partial charge in [-0.3, -0.25) is 0 Å². The smallest absolute Gasteiger partial charge is 0.324 e. The fourth-order valence-corrected chi connectivity index (χ4v) is 2.37. The van der Waals surface area contributed by atoms with Crippen molar-refractivity contribution in [2.24, 2.45) is 11.7 Å². The van der Waals surface area contributed by atoms with Crippen molar-refractivity contribution in [3.8, 4) is 0 Å². The molecule has 2 rings (SSSR count). The summed E-state index contributed by atoms with van der Waals surface area (Å²) in [5, 5.41) is 3.25. The van der Waals surface area contributed by atoms with E-state index in [1.807, 2.05) is 0 Å². The number of halogens is 3. The topological polar surface area (TPSA) is 38.0 Å². The van der Waals surface area contributed by atoms with Crippen LogP contribution in [0.5, 0.6) is 0 Å². The van der Waals surface area contributed by atoms with Crippen LogP contribution in [0.1, 0.15) is 30.0 Å². The molecule has 0 aliphatic carbocycles. The van der Waals surface area contributed by atoms with Gasteiger partial charge < -0.3 is 11.1 Å². The van der Waals surface area contributed by atoms with Gasteiger partial charge in [-0.25, -0.2) is 0 Å². The molecule has 1 aromatic rings. The highest BCUT2D eigenvalue weighted by Crippen LogP contribution is 2.31. The molecule has 1 saturated heterocycles. The minimum Gasteiger partial charge on any atom is -0.324 e. The van der Waals surface area contributed by atoms with Crippen LogP contribution in [0.25, 0.3) is 0 Å². The highest BCUT2D eigenvalue weighted by Gasteiger charge is 2.30. The fourth-order valence-electron chi connectivity index (χ4n) is 2.37. The zero-order valence-corrected chi connectivity index (χ0v) is 10.0. The van der Waals surface area contributed by atoms with Gasteiger partial charge in [-0.15, -0.1) is 0 Å². The molecule has 0 bridgehead atoms. The van der Waals surface area contributed by atoms with E-state index in [4.69, 9.17) is 5.73 Å². The molecule has 3 N–H and O–H groups in total. The van der Waals surface area contributed by atoms with Gasteiger partial charge in [0, 0.05) is 6.04 Å². The van der Waals surface area contributed by atoms with E-state index in [2.05, 4.69) is 5.32 Å². The van der Waals surface area contributed by atoms with Crippen LogP contribution in [0, 0.1) is 5.92 Å². The summed E-state index contributed by atoms with van der Waals surface area (Å²) in [6.45, 7) is 1.86. The van der Waals surface area contributed by atoms with Crippen molar-refractivity contribution in [2.75, 3.05) is 13.1 Å². The summed E-state index contributed by atoms with van der Waals surface area (Å²) in [4.78, 5) is 0. The minimum atomic E-state index is -4.28. The largest absolute Gasteiger partial charge is 0.416 e. The second kappa shape index (κ2) is 5.28. The van der Waals surface area contributed by atoms with E-state index in [-0.39, 0.29) is 6.04 Å². The maximum absolute atomic E-state index is 12.4. The minimum absolute atomic E-state index is 0.172. The molecule has 1 unspecified atom stereocenters. The summed E-state index contributed by atoms with van der Waals surface area (Å²) in [5.41, 5.74) is 6.29. The third kappa shape index (κ3) is 3.03. The Hall–Kier alpha value is -1.07. The van der Waals surface area contributed by atoms with Gasteiger partial charge in [0.05, 0.1) is 5.56 Å². The Kier molecular flexibility index (Phi) is 3.92. The molecular weight excluding hydrogens is 241 g/mol. The molecule has 1 heterocycles. The van der Waals surface area contributed by atoms with E-state index in [1.165, 1.54) is 12.1 Å². The Morgan fingerprint density at radius 2 is 1.67 bits per heavy atom. The van der Waals surface area contributed by atoms with Crippen molar-refractivity contribution in [1.82, 2.24) is 5.32 Å². The summed E-state index contributed by atoms with van der Waals surface area (Å²) in [5.74, 6) is 0.350. The van der Waals surface area contributed by atoms with Gasteiger partial charge in [-0.1, -0.05) is 12.1 Å². The summed E-state index contributed by atoms with van der Waals surface area (Å²) in [6, 6.07) is 5.03. The first kappa shape index (κ1) is 13.4. The number of piperidine rings is 1. The first-order chi connectivity index (χ1) is 8.48. The number of nitrogens with two attached hydrogens (primary N) is 1. The summed E-state index contributed by atoms with van der Waals surface area (Å²) < 4.78 is 37.3. The van der Waals surface area contributed by atoms with E-state index in [1.54, 1.807) is 0 Å². The number of hydrogen-bond donors (Lipinski definition) is 2. The lowest BCUT2D eigenvalue weighted by Crippen LogP contribution is -2.33. The highest BCUT2D eigenvalue weighted by atomic mass is 19.4. The predicted molar refractivity (Wildman–Crippen MR) is 64.0 cm³/mol. The normalized spacial score (nSPS) is 19.8. The molecule has 1 aliphatic heterocycles.